The highest BCUT2D eigenvalue weighted by atomic mass is 19.4. The summed E-state index contributed by atoms with van der Waals surface area (Å²) in [5.41, 5.74) is 0. The summed E-state index contributed by atoms with van der Waals surface area (Å²) < 4.78 is 36.9. The fourth-order valence-electron chi connectivity index (χ4n) is 2.84. The zero-order valence-corrected chi connectivity index (χ0v) is 8.30. The van der Waals surface area contributed by atoms with Gasteiger partial charge >= 0.3 is 6.18 Å². The van der Waals surface area contributed by atoms with Crippen molar-refractivity contribution in [1.29, 1.82) is 5.26 Å². The van der Waals surface area contributed by atoms with E-state index in [0.29, 0.717) is 12.8 Å². The standard InChI is InChI=1S/C10H13F3N2/c11-10(12,13)6-15-8-1-2-9(15)4-7(3-8)5-14/h7-9H,1-4,6H2/t7-,8-,9+. The van der Waals surface area contributed by atoms with Crippen LogP contribution in [0.15, 0.2) is 0 Å². The topological polar surface area (TPSA) is 27.0 Å². The number of piperidine rings is 1. The van der Waals surface area contributed by atoms with Gasteiger partial charge in [0.25, 0.3) is 0 Å². The number of nitrogens with zero attached hydrogens (tertiary/aromatic N) is 2. The molecule has 2 saturated heterocycles. The lowest BCUT2D eigenvalue weighted by atomic mass is 9.92. The van der Waals surface area contributed by atoms with Gasteiger partial charge in [-0.3, -0.25) is 4.90 Å². The molecule has 0 aromatic carbocycles. The van der Waals surface area contributed by atoms with Crippen LogP contribution in [0.3, 0.4) is 0 Å². The van der Waals surface area contributed by atoms with Crippen LogP contribution in [0.25, 0.3) is 0 Å². The van der Waals surface area contributed by atoms with Gasteiger partial charge in [0.15, 0.2) is 0 Å². The molecule has 2 rings (SSSR count). The Bertz CT molecular complexity index is 267. The molecule has 0 aromatic heterocycles. The molecule has 2 fully saturated rings. The largest absolute Gasteiger partial charge is 0.401 e. The molecule has 2 nitrogen and oxygen atoms in total. The summed E-state index contributed by atoms with van der Waals surface area (Å²) in [5, 5.41) is 8.78. The maximum Gasteiger partial charge on any atom is 0.401 e. The second-order valence-electron chi connectivity index (χ2n) is 4.47. The molecule has 0 unspecified atom stereocenters. The molecule has 0 amide bonds. The lowest BCUT2D eigenvalue weighted by Crippen LogP contribution is -2.47. The Morgan fingerprint density at radius 3 is 2.13 bits per heavy atom. The third-order valence-electron chi connectivity index (χ3n) is 3.43. The minimum Gasteiger partial charge on any atom is -0.289 e. The molecule has 2 aliphatic rings. The van der Waals surface area contributed by atoms with Crippen molar-refractivity contribution in [2.45, 2.75) is 43.9 Å². The third-order valence-corrected chi connectivity index (χ3v) is 3.43. The van der Waals surface area contributed by atoms with Crippen molar-refractivity contribution in [1.82, 2.24) is 4.90 Å². The second-order valence-corrected chi connectivity index (χ2v) is 4.47. The van der Waals surface area contributed by atoms with Gasteiger partial charge in [0.2, 0.25) is 0 Å². The van der Waals surface area contributed by atoms with Crippen LogP contribution in [0.5, 0.6) is 0 Å². The first-order valence-corrected chi connectivity index (χ1v) is 5.21. The van der Waals surface area contributed by atoms with E-state index in [1.54, 1.807) is 4.90 Å². The summed E-state index contributed by atoms with van der Waals surface area (Å²) in [6.07, 6.45) is -1.25. The SMILES string of the molecule is N#C[C@@H]1C[C@H]2CC[C@@H](C1)N2CC(F)(F)F. The molecule has 0 N–H and O–H groups in total. The van der Waals surface area contributed by atoms with Gasteiger partial charge in [-0.2, -0.15) is 18.4 Å². The minimum absolute atomic E-state index is 0.0185. The van der Waals surface area contributed by atoms with Crippen molar-refractivity contribution in [2.24, 2.45) is 5.92 Å². The van der Waals surface area contributed by atoms with E-state index in [1.165, 1.54) is 0 Å². The summed E-state index contributed by atoms with van der Waals surface area (Å²) >= 11 is 0. The quantitative estimate of drug-likeness (QED) is 0.675. The fraction of sp³-hybridized carbons (Fsp3) is 0.900. The van der Waals surface area contributed by atoms with Crippen LogP contribution in [-0.4, -0.2) is 29.7 Å². The molecular weight excluding hydrogens is 205 g/mol. The third kappa shape index (κ3) is 2.25. The first-order chi connectivity index (χ1) is 6.99. The number of alkyl halides is 3. The summed E-state index contributed by atoms with van der Waals surface area (Å²) in [4.78, 5) is 1.55. The smallest absolute Gasteiger partial charge is 0.289 e. The van der Waals surface area contributed by atoms with Crippen LogP contribution in [0, 0.1) is 17.2 Å². The van der Waals surface area contributed by atoms with Crippen LogP contribution in [0.1, 0.15) is 25.7 Å². The summed E-state index contributed by atoms with van der Waals surface area (Å²) in [5.74, 6) is -0.0352. The maximum atomic E-state index is 12.3. The van der Waals surface area contributed by atoms with Gasteiger partial charge < -0.3 is 0 Å². The lowest BCUT2D eigenvalue weighted by Gasteiger charge is -2.37. The van der Waals surface area contributed by atoms with Gasteiger partial charge in [0.1, 0.15) is 0 Å². The van der Waals surface area contributed by atoms with E-state index >= 15 is 0 Å². The van der Waals surface area contributed by atoms with Gasteiger partial charge in [0.05, 0.1) is 12.6 Å². The van der Waals surface area contributed by atoms with Gasteiger partial charge in [-0.1, -0.05) is 0 Å². The van der Waals surface area contributed by atoms with E-state index in [4.69, 9.17) is 5.26 Å². The van der Waals surface area contributed by atoms with Crippen molar-refractivity contribution in [3.8, 4) is 6.07 Å². The van der Waals surface area contributed by atoms with Crippen molar-refractivity contribution >= 4 is 0 Å². The Balaban J connectivity index is 2.02. The molecular formula is C10H13F3N2. The average molecular weight is 218 g/mol. The first kappa shape index (κ1) is 10.7. The predicted octanol–water partition coefficient (Wildman–Crippen LogP) is 2.32. The molecule has 5 heteroatoms. The molecule has 0 aliphatic carbocycles. The predicted molar refractivity (Wildman–Crippen MR) is 47.9 cm³/mol. The highest BCUT2D eigenvalue weighted by Gasteiger charge is 2.45. The molecule has 0 spiro atoms. The normalized spacial score (nSPS) is 36.5. The lowest BCUT2D eigenvalue weighted by molar-refractivity contribution is -0.155. The van der Waals surface area contributed by atoms with Crippen LogP contribution in [0.2, 0.25) is 0 Å². The Morgan fingerprint density at radius 1 is 1.20 bits per heavy atom. The van der Waals surface area contributed by atoms with E-state index in [-0.39, 0.29) is 18.0 Å². The zero-order valence-electron chi connectivity index (χ0n) is 8.30. The number of fused-ring (bicyclic) bond motifs is 2. The van der Waals surface area contributed by atoms with Crippen LogP contribution in [0.4, 0.5) is 13.2 Å². The van der Waals surface area contributed by atoms with E-state index in [1.807, 2.05) is 0 Å². The molecule has 2 aliphatic heterocycles. The number of hydrogen-bond donors (Lipinski definition) is 0. The molecule has 0 aromatic rings. The molecule has 0 saturated carbocycles. The van der Waals surface area contributed by atoms with Crippen molar-refractivity contribution in [2.75, 3.05) is 6.54 Å². The van der Waals surface area contributed by atoms with Gasteiger partial charge in [0, 0.05) is 18.0 Å². The van der Waals surface area contributed by atoms with Crippen LogP contribution >= 0.6 is 0 Å². The Morgan fingerprint density at radius 2 is 1.73 bits per heavy atom. The second kappa shape index (κ2) is 3.67. The molecule has 3 atom stereocenters. The van der Waals surface area contributed by atoms with E-state index in [2.05, 4.69) is 6.07 Å². The average Bonchev–Trinajstić information content (AvgIpc) is 2.37. The Kier molecular flexibility index (Phi) is 2.63. The highest BCUT2D eigenvalue weighted by Crippen LogP contribution is 2.39. The van der Waals surface area contributed by atoms with Crippen molar-refractivity contribution in [3.63, 3.8) is 0 Å². The molecule has 2 bridgehead atoms. The van der Waals surface area contributed by atoms with Crippen LogP contribution in [-0.2, 0) is 0 Å². The van der Waals surface area contributed by atoms with Crippen molar-refractivity contribution in [3.05, 3.63) is 0 Å². The number of rotatable bonds is 1. The van der Waals surface area contributed by atoms with Gasteiger partial charge in [-0.25, -0.2) is 0 Å². The zero-order chi connectivity index (χ0) is 11.1. The molecule has 15 heavy (non-hydrogen) atoms. The Hall–Kier alpha value is -0.760. The maximum absolute atomic E-state index is 12.3. The summed E-state index contributed by atoms with van der Waals surface area (Å²) in [6, 6.07) is 2.14. The van der Waals surface area contributed by atoms with Crippen LogP contribution < -0.4 is 0 Å². The molecule has 2 heterocycles. The number of nitriles is 1. The monoisotopic (exact) mass is 218 g/mol. The number of hydrogen-bond acceptors (Lipinski definition) is 2. The van der Waals surface area contributed by atoms with Crippen molar-refractivity contribution < 1.29 is 13.2 Å². The highest BCUT2D eigenvalue weighted by molar-refractivity contribution is 5.01. The van der Waals surface area contributed by atoms with E-state index in [9.17, 15) is 13.2 Å². The molecule has 0 radical (unpaired) electrons. The first-order valence-electron chi connectivity index (χ1n) is 5.21. The van der Waals surface area contributed by atoms with Gasteiger partial charge in [-0.05, 0) is 25.7 Å². The Labute approximate surface area is 86.7 Å². The summed E-state index contributed by atoms with van der Waals surface area (Å²) in [6.45, 7) is -0.805. The summed E-state index contributed by atoms with van der Waals surface area (Å²) in [7, 11) is 0. The van der Waals surface area contributed by atoms with E-state index < -0.39 is 12.7 Å². The van der Waals surface area contributed by atoms with E-state index in [0.717, 1.165) is 12.8 Å². The number of halogens is 3. The van der Waals surface area contributed by atoms with Gasteiger partial charge in [-0.15, -0.1) is 0 Å². The minimum atomic E-state index is -4.11. The molecule has 84 valence electrons. The fourth-order valence-corrected chi connectivity index (χ4v) is 2.84.